The van der Waals surface area contributed by atoms with Crippen molar-refractivity contribution in [2.45, 2.75) is 90.0 Å². The largest absolute Gasteiger partial charge is 0.507 e. The van der Waals surface area contributed by atoms with Gasteiger partial charge in [-0.25, -0.2) is 18.8 Å². The lowest BCUT2D eigenvalue weighted by Crippen LogP contribution is -2.06. The van der Waals surface area contributed by atoms with E-state index in [2.05, 4.69) is 15.3 Å². The van der Waals surface area contributed by atoms with Gasteiger partial charge in [0.1, 0.15) is 17.2 Å². The minimum atomic E-state index is -0.351. The van der Waals surface area contributed by atoms with Crippen LogP contribution in [0.1, 0.15) is 102 Å². The number of phenols is 3. The van der Waals surface area contributed by atoms with E-state index in [-0.39, 0.29) is 11.7 Å². The van der Waals surface area contributed by atoms with Crippen LogP contribution in [0.25, 0.3) is 0 Å². The van der Waals surface area contributed by atoms with Crippen molar-refractivity contribution in [1.29, 1.82) is 0 Å². The number of nitrogens with zero attached hydrogens (tertiary/aromatic N) is 6. The maximum absolute atomic E-state index is 11.9. The zero-order chi connectivity index (χ0) is 43.7. The molecule has 3 heterocycles. The van der Waals surface area contributed by atoms with E-state index in [1.165, 1.54) is 0 Å². The molecule has 0 saturated heterocycles. The molecule has 3 N–H and O–H groups in total. The van der Waals surface area contributed by atoms with E-state index in [4.69, 9.17) is 4.74 Å². The maximum Gasteiger partial charge on any atom is 0.340 e. The number of rotatable bonds is 8. The fraction of sp³-hybridized carbons (Fsp3) is 0.292. The fourth-order valence-electron chi connectivity index (χ4n) is 6.67. The Balaban J connectivity index is 0.000000198. The third-order valence-corrected chi connectivity index (χ3v) is 9.72. The molecule has 310 valence electrons. The number of carbonyl (C=O) groups excluding carboxylic acids is 1. The van der Waals surface area contributed by atoms with Crippen LogP contribution in [0.3, 0.4) is 0 Å². The van der Waals surface area contributed by atoms with Gasteiger partial charge in [0.05, 0.1) is 36.5 Å². The molecular weight excluding hydrogens is 741 g/mol. The summed E-state index contributed by atoms with van der Waals surface area (Å²) >= 11 is 0. The molecule has 11 nitrogen and oxygen atoms in total. The maximum atomic E-state index is 11.9. The molecule has 6 rings (SSSR count). The lowest BCUT2D eigenvalue weighted by atomic mass is 10.1. The van der Waals surface area contributed by atoms with Crippen LogP contribution in [0.2, 0.25) is 0 Å². The van der Waals surface area contributed by atoms with E-state index >= 15 is 0 Å². The van der Waals surface area contributed by atoms with Gasteiger partial charge in [-0.05, 0) is 172 Å². The molecule has 0 fully saturated rings. The Morgan fingerprint density at radius 3 is 1.15 bits per heavy atom. The molecule has 11 heteroatoms. The summed E-state index contributed by atoms with van der Waals surface area (Å²) in [5.74, 6) is 0.461. The van der Waals surface area contributed by atoms with Crippen LogP contribution in [-0.2, 0) is 4.74 Å². The smallest absolute Gasteiger partial charge is 0.340 e. The average molecular weight is 799 g/mol. The Labute approximate surface area is 348 Å². The Kier molecular flexibility index (Phi) is 15.0. The molecule has 0 atom stereocenters. The van der Waals surface area contributed by atoms with Gasteiger partial charge in [-0.3, -0.25) is 0 Å². The zero-order valence-corrected chi connectivity index (χ0v) is 36.6. The summed E-state index contributed by atoms with van der Waals surface area (Å²) < 4.78 is 10.4. The molecule has 3 aromatic carbocycles. The molecular formula is C48H58N6O5. The normalized spacial score (nSPS) is 11.3. The van der Waals surface area contributed by atoms with Gasteiger partial charge in [-0.15, -0.1) is 0 Å². The van der Waals surface area contributed by atoms with Gasteiger partial charge in [-0.2, -0.15) is 15.3 Å². The Morgan fingerprint density at radius 1 is 0.508 bits per heavy atom. The molecule has 0 aliphatic heterocycles. The minimum Gasteiger partial charge on any atom is -0.507 e. The third-order valence-electron chi connectivity index (χ3n) is 9.72. The zero-order valence-electron chi connectivity index (χ0n) is 36.6. The monoisotopic (exact) mass is 798 g/mol. The number of aromatic hydroxyl groups is 3. The number of carbonyl (C=O) groups is 1. The first-order chi connectivity index (χ1) is 27.8. The van der Waals surface area contributed by atoms with Gasteiger partial charge in [0.25, 0.3) is 0 Å². The van der Waals surface area contributed by atoms with Crippen molar-refractivity contribution in [3.05, 3.63) is 157 Å². The van der Waals surface area contributed by atoms with Crippen LogP contribution in [0, 0.1) is 83.1 Å². The molecule has 0 amide bonds. The number of aryl methyl sites for hydroxylation is 11. The summed E-state index contributed by atoms with van der Waals surface area (Å²) in [5.41, 5.74) is 14.3. The second-order valence-corrected chi connectivity index (χ2v) is 15.0. The predicted octanol–water partition coefficient (Wildman–Crippen LogP) is 10.1. The molecule has 0 spiro atoms. The van der Waals surface area contributed by atoms with Crippen LogP contribution < -0.4 is 0 Å². The second-order valence-electron chi connectivity index (χ2n) is 15.0. The van der Waals surface area contributed by atoms with Crippen molar-refractivity contribution in [2.24, 2.45) is 15.3 Å². The quantitative estimate of drug-likeness (QED) is 0.104. The van der Waals surface area contributed by atoms with E-state index in [1.54, 1.807) is 36.3 Å². The van der Waals surface area contributed by atoms with Crippen LogP contribution in [0.4, 0.5) is 0 Å². The summed E-state index contributed by atoms with van der Waals surface area (Å²) in [5, 5.41) is 43.3. The summed E-state index contributed by atoms with van der Waals surface area (Å²) in [6.45, 7) is 25.4. The standard InChI is InChI=1S/C18H22N2O3.2C15H18N2O/c1-6-23-18(22)16-9-13(4)20(14(16)5)19-10-15-8-11(2)7-12(3)17(15)21;2*1-10-7-11(2)15(18)14(8-10)9-16-17-12(3)5-6-13(17)4/h7-10,21H,6H2,1-5H3;2*5-9,18H,1-4H3/b19-10+;2*16-9+. The summed E-state index contributed by atoms with van der Waals surface area (Å²) in [7, 11) is 0. The first-order valence-electron chi connectivity index (χ1n) is 19.5. The highest BCUT2D eigenvalue weighted by atomic mass is 16.5. The highest BCUT2D eigenvalue weighted by Gasteiger charge is 2.16. The second kappa shape index (κ2) is 19.7. The lowest BCUT2D eigenvalue weighted by molar-refractivity contribution is 0.0525. The van der Waals surface area contributed by atoms with E-state index in [0.717, 1.165) is 73.0 Å². The van der Waals surface area contributed by atoms with E-state index in [9.17, 15) is 20.1 Å². The number of ether oxygens (including phenoxy) is 1. The molecule has 59 heavy (non-hydrogen) atoms. The molecule has 0 aliphatic rings. The number of benzene rings is 3. The highest BCUT2D eigenvalue weighted by molar-refractivity contribution is 5.91. The lowest BCUT2D eigenvalue weighted by Gasteiger charge is -2.06. The van der Waals surface area contributed by atoms with Crippen molar-refractivity contribution in [2.75, 3.05) is 6.61 Å². The van der Waals surface area contributed by atoms with Gasteiger partial charge in [-0.1, -0.05) is 18.2 Å². The first kappa shape index (κ1) is 45.1. The van der Waals surface area contributed by atoms with Crippen molar-refractivity contribution < 1.29 is 24.9 Å². The van der Waals surface area contributed by atoms with Gasteiger partial charge >= 0.3 is 5.97 Å². The minimum absolute atomic E-state index is 0.215. The molecule has 0 radical (unpaired) electrons. The van der Waals surface area contributed by atoms with Gasteiger partial charge in [0.15, 0.2) is 0 Å². The topological polar surface area (TPSA) is 139 Å². The van der Waals surface area contributed by atoms with Crippen LogP contribution >= 0.6 is 0 Å². The summed E-state index contributed by atoms with van der Waals surface area (Å²) in [6.07, 6.45) is 5.01. The molecule has 0 unspecified atom stereocenters. The van der Waals surface area contributed by atoms with Crippen LogP contribution in [0.5, 0.6) is 17.2 Å². The molecule has 6 aromatic rings. The van der Waals surface area contributed by atoms with E-state index < -0.39 is 0 Å². The third kappa shape index (κ3) is 11.3. The first-order valence-corrected chi connectivity index (χ1v) is 19.5. The Hall–Kier alpha value is -6.62. The molecule has 0 saturated carbocycles. The van der Waals surface area contributed by atoms with Crippen molar-refractivity contribution in [3.63, 3.8) is 0 Å². The number of hydrogen-bond donors (Lipinski definition) is 3. The van der Waals surface area contributed by atoms with Gasteiger partial charge in [0.2, 0.25) is 0 Å². The number of phenolic OH excluding ortho intramolecular Hbond substituents is 3. The van der Waals surface area contributed by atoms with Crippen molar-refractivity contribution in [3.8, 4) is 17.2 Å². The fourth-order valence-corrected chi connectivity index (χ4v) is 6.67. The van der Waals surface area contributed by atoms with E-state index in [1.807, 2.05) is 153 Å². The van der Waals surface area contributed by atoms with E-state index in [0.29, 0.717) is 34.9 Å². The molecule has 0 aliphatic carbocycles. The molecule has 0 bridgehead atoms. The number of hydrogen-bond acceptors (Lipinski definition) is 8. The summed E-state index contributed by atoms with van der Waals surface area (Å²) in [4.78, 5) is 11.9. The van der Waals surface area contributed by atoms with Crippen LogP contribution in [0.15, 0.2) is 82.0 Å². The Morgan fingerprint density at radius 2 is 0.831 bits per heavy atom. The van der Waals surface area contributed by atoms with Crippen molar-refractivity contribution >= 4 is 24.6 Å². The van der Waals surface area contributed by atoms with Gasteiger partial charge in [0, 0.05) is 45.2 Å². The number of aromatic nitrogens is 3. The van der Waals surface area contributed by atoms with Crippen LogP contribution in [-0.4, -0.2) is 60.6 Å². The van der Waals surface area contributed by atoms with Gasteiger partial charge < -0.3 is 20.1 Å². The SMILES string of the molecule is CCOC(=O)c1cc(C)n(/N=C/c2cc(C)cc(C)c2O)c1C.Cc1cc(C)c(O)c(/C=N/n2c(C)ccc2C)c1.Cc1cc(C)c(O)c(/C=N/n2c(C)ccc2C)c1. The molecule has 3 aromatic heterocycles. The Bertz CT molecular complexity index is 2400. The highest BCUT2D eigenvalue weighted by Crippen LogP contribution is 2.25. The van der Waals surface area contributed by atoms with Crippen molar-refractivity contribution in [1.82, 2.24) is 14.0 Å². The predicted molar refractivity (Wildman–Crippen MR) is 239 cm³/mol. The number of esters is 1. The average Bonchev–Trinajstić information content (AvgIpc) is 3.78. The summed E-state index contributed by atoms with van der Waals surface area (Å²) in [6, 6.07) is 21.4.